The Kier molecular flexibility index (Phi) is 7.50. The average Bonchev–Trinajstić information content (AvgIpc) is 2.77. The second-order valence-electron chi connectivity index (χ2n) is 7.03. The van der Waals surface area contributed by atoms with Gasteiger partial charge in [0.2, 0.25) is 10.0 Å². The van der Waals surface area contributed by atoms with E-state index in [2.05, 4.69) is 5.32 Å². The maximum atomic E-state index is 12.9. The van der Waals surface area contributed by atoms with Crippen LogP contribution in [0.3, 0.4) is 0 Å². The quantitative estimate of drug-likeness (QED) is 0.538. The van der Waals surface area contributed by atoms with Crippen LogP contribution < -0.4 is 10.9 Å². The summed E-state index contributed by atoms with van der Waals surface area (Å²) in [6.07, 6.45) is 1.61. The molecule has 0 spiro atoms. The zero-order valence-electron chi connectivity index (χ0n) is 17.8. The van der Waals surface area contributed by atoms with E-state index >= 15 is 0 Å². The molecule has 0 aliphatic rings. The molecule has 0 saturated carbocycles. The minimum absolute atomic E-state index is 0.0495. The molecule has 32 heavy (non-hydrogen) atoms. The molecule has 1 N–H and O–H groups in total. The maximum Gasteiger partial charge on any atom is 0.263 e. The molecule has 0 saturated heterocycles. The van der Waals surface area contributed by atoms with Crippen LogP contribution in [-0.2, 0) is 16.6 Å². The Morgan fingerprint density at radius 1 is 1.03 bits per heavy atom. The second kappa shape index (κ2) is 10.1. The van der Waals surface area contributed by atoms with E-state index in [9.17, 15) is 18.0 Å². The Bertz CT molecular complexity index is 1270. The molecule has 1 amide bonds. The summed E-state index contributed by atoms with van der Waals surface area (Å²) in [6.45, 7) is 4.37. The summed E-state index contributed by atoms with van der Waals surface area (Å²) in [6, 6.07) is 16.7. The molecule has 0 aliphatic carbocycles. The Hall–Kier alpha value is -2.94. The number of aromatic nitrogens is 1. The summed E-state index contributed by atoms with van der Waals surface area (Å²) < 4.78 is 28.5. The molecule has 2 aromatic carbocycles. The SMILES string of the molecule is CCN(CC)S(=O)(=O)c1cc(NC(=O)c2cccn(Cc3ccccc3)c2=O)ccc1Cl. The Morgan fingerprint density at radius 2 is 1.72 bits per heavy atom. The molecule has 0 radical (unpaired) electrons. The van der Waals surface area contributed by atoms with Gasteiger partial charge in [0, 0.05) is 25.0 Å². The van der Waals surface area contributed by atoms with Crippen LogP contribution in [-0.4, -0.2) is 36.3 Å². The number of halogens is 1. The number of nitrogens with zero attached hydrogens (tertiary/aromatic N) is 2. The van der Waals surface area contributed by atoms with Crippen molar-refractivity contribution in [2.45, 2.75) is 25.3 Å². The third kappa shape index (κ3) is 5.09. The number of anilines is 1. The van der Waals surface area contributed by atoms with Gasteiger partial charge in [-0.1, -0.05) is 55.8 Å². The molecule has 1 heterocycles. The highest BCUT2D eigenvalue weighted by molar-refractivity contribution is 7.89. The van der Waals surface area contributed by atoms with Gasteiger partial charge in [-0.2, -0.15) is 4.31 Å². The van der Waals surface area contributed by atoms with Crippen molar-refractivity contribution in [1.29, 1.82) is 0 Å². The summed E-state index contributed by atoms with van der Waals surface area (Å²) in [7, 11) is -3.82. The normalized spacial score (nSPS) is 11.5. The molecule has 0 aliphatic heterocycles. The van der Waals surface area contributed by atoms with Crippen LogP contribution >= 0.6 is 11.6 Å². The minimum atomic E-state index is -3.82. The van der Waals surface area contributed by atoms with E-state index in [4.69, 9.17) is 11.6 Å². The van der Waals surface area contributed by atoms with Crippen LogP contribution in [0.25, 0.3) is 0 Å². The van der Waals surface area contributed by atoms with Gasteiger partial charge in [-0.05, 0) is 35.9 Å². The van der Waals surface area contributed by atoms with Gasteiger partial charge in [-0.25, -0.2) is 8.42 Å². The molecule has 0 fully saturated rings. The van der Waals surface area contributed by atoms with Crippen LogP contribution in [0.15, 0.2) is 76.6 Å². The number of amides is 1. The molecule has 0 bridgehead atoms. The standard InChI is InChI=1S/C23H24ClN3O4S/c1-3-27(4-2)32(30,31)21-15-18(12-13-20(21)24)25-22(28)19-11-8-14-26(23(19)29)16-17-9-6-5-7-10-17/h5-15H,3-4,16H2,1-2H3,(H,25,28). The van der Waals surface area contributed by atoms with Crippen LogP contribution in [0.2, 0.25) is 5.02 Å². The van der Waals surface area contributed by atoms with E-state index in [1.807, 2.05) is 30.3 Å². The van der Waals surface area contributed by atoms with E-state index in [1.165, 1.54) is 33.1 Å². The van der Waals surface area contributed by atoms with E-state index in [-0.39, 0.29) is 34.3 Å². The van der Waals surface area contributed by atoms with Crippen molar-refractivity contribution < 1.29 is 13.2 Å². The third-order valence-corrected chi connectivity index (χ3v) is 7.50. The first-order chi connectivity index (χ1) is 15.3. The van der Waals surface area contributed by atoms with Gasteiger partial charge in [0.05, 0.1) is 11.6 Å². The number of nitrogens with one attached hydrogen (secondary N) is 1. The number of hydrogen-bond donors (Lipinski definition) is 1. The van der Waals surface area contributed by atoms with Crippen molar-refractivity contribution in [3.63, 3.8) is 0 Å². The number of benzene rings is 2. The zero-order chi connectivity index (χ0) is 23.3. The first-order valence-corrected chi connectivity index (χ1v) is 11.9. The van der Waals surface area contributed by atoms with Crippen molar-refractivity contribution in [3.8, 4) is 0 Å². The van der Waals surface area contributed by atoms with Crippen LogP contribution in [0.1, 0.15) is 29.8 Å². The number of carbonyl (C=O) groups is 1. The summed E-state index contributed by atoms with van der Waals surface area (Å²) in [5, 5.41) is 2.67. The lowest BCUT2D eigenvalue weighted by molar-refractivity contribution is 0.102. The van der Waals surface area contributed by atoms with Gasteiger partial charge < -0.3 is 9.88 Å². The third-order valence-electron chi connectivity index (χ3n) is 4.97. The largest absolute Gasteiger partial charge is 0.322 e. The molecule has 168 valence electrons. The lowest BCUT2D eigenvalue weighted by atomic mass is 10.2. The zero-order valence-corrected chi connectivity index (χ0v) is 19.4. The molecular formula is C23H24ClN3O4S. The molecule has 0 atom stereocenters. The van der Waals surface area contributed by atoms with Crippen LogP contribution in [0.4, 0.5) is 5.69 Å². The number of sulfonamides is 1. The fourth-order valence-corrected chi connectivity index (χ4v) is 5.25. The van der Waals surface area contributed by atoms with Crippen molar-refractivity contribution in [2.24, 2.45) is 0 Å². The topological polar surface area (TPSA) is 88.5 Å². The number of carbonyl (C=O) groups excluding carboxylic acids is 1. The van der Waals surface area contributed by atoms with E-state index in [0.717, 1.165) is 5.56 Å². The summed E-state index contributed by atoms with van der Waals surface area (Å²) in [5.74, 6) is -0.633. The highest BCUT2D eigenvalue weighted by Crippen LogP contribution is 2.28. The second-order valence-corrected chi connectivity index (χ2v) is 9.34. The minimum Gasteiger partial charge on any atom is -0.322 e. The lowest BCUT2D eigenvalue weighted by Gasteiger charge is -2.19. The molecule has 3 aromatic rings. The van der Waals surface area contributed by atoms with Gasteiger partial charge in [0.15, 0.2) is 0 Å². The fraction of sp³-hybridized carbons (Fsp3) is 0.217. The van der Waals surface area contributed by atoms with Crippen molar-refractivity contribution >= 4 is 33.2 Å². The van der Waals surface area contributed by atoms with Crippen molar-refractivity contribution in [3.05, 3.63) is 93.4 Å². The lowest BCUT2D eigenvalue weighted by Crippen LogP contribution is -2.31. The Balaban J connectivity index is 1.88. The number of rotatable bonds is 8. The molecule has 7 nitrogen and oxygen atoms in total. The highest BCUT2D eigenvalue weighted by Gasteiger charge is 2.25. The number of hydrogen-bond acceptors (Lipinski definition) is 4. The highest BCUT2D eigenvalue weighted by atomic mass is 35.5. The van der Waals surface area contributed by atoms with Gasteiger partial charge in [-0.3, -0.25) is 9.59 Å². The maximum absolute atomic E-state index is 12.9. The molecule has 1 aromatic heterocycles. The van der Waals surface area contributed by atoms with Gasteiger partial charge in [-0.15, -0.1) is 0 Å². The number of pyridine rings is 1. The molecule has 0 unspecified atom stereocenters. The predicted molar refractivity (Wildman–Crippen MR) is 126 cm³/mol. The van der Waals surface area contributed by atoms with E-state index < -0.39 is 21.5 Å². The van der Waals surface area contributed by atoms with Crippen molar-refractivity contribution in [1.82, 2.24) is 8.87 Å². The summed E-state index contributed by atoms with van der Waals surface area (Å²) >= 11 is 6.14. The molecule has 9 heteroatoms. The molecular weight excluding hydrogens is 450 g/mol. The first-order valence-electron chi connectivity index (χ1n) is 10.1. The van der Waals surface area contributed by atoms with Crippen LogP contribution in [0.5, 0.6) is 0 Å². The van der Waals surface area contributed by atoms with Gasteiger partial charge in [0.1, 0.15) is 10.5 Å². The van der Waals surface area contributed by atoms with Crippen molar-refractivity contribution in [2.75, 3.05) is 18.4 Å². The Labute approximate surface area is 192 Å². The smallest absolute Gasteiger partial charge is 0.263 e. The van der Waals surface area contributed by atoms with Crippen LogP contribution in [0, 0.1) is 0 Å². The summed E-state index contributed by atoms with van der Waals surface area (Å²) in [4.78, 5) is 25.5. The van der Waals surface area contributed by atoms with Gasteiger partial charge in [0.25, 0.3) is 11.5 Å². The average molecular weight is 474 g/mol. The monoisotopic (exact) mass is 473 g/mol. The van der Waals surface area contributed by atoms with E-state index in [1.54, 1.807) is 26.1 Å². The van der Waals surface area contributed by atoms with E-state index in [0.29, 0.717) is 6.54 Å². The predicted octanol–water partition coefficient (Wildman–Crippen LogP) is 3.83. The molecule has 3 rings (SSSR count). The Morgan fingerprint density at radius 3 is 2.38 bits per heavy atom. The first kappa shape index (κ1) is 23.7. The summed E-state index contributed by atoms with van der Waals surface area (Å²) in [5.41, 5.74) is 0.657. The van der Waals surface area contributed by atoms with Gasteiger partial charge >= 0.3 is 0 Å². The fourth-order valence-electron chi connectivity index (χ4n) is 3.29.